The Hall–Kier alpha value is -1.11. The molecular formula is C13H13Cl2FN2O2S. The molecule has 0 bridgehead atoms. The van der Waals surface area contributed by atoms with Crippen LogP contribution in [0.1, 0.15) is 24.7 Å². The zero-order valence-electron chi connectivity index (χ0n) is 11.2. The molecule has 1 heterocycles. The van der Waals surface area contributed by atoms with Crippen LogP contribution in [0.25, 0.3) is 0 Å². The fourth-order valence-electron chi connectivity index (χ4n) is 1.94. The second kappa shape index (κ2) is 6.34. The van der Waals surface area contributed by atoms with Gasteiger partial charge in [0.25, 0.3) is 9.05 Å². The van der Waals surface area contributed by atoms with Crippen molar-refractivity contribution >= 4 is 31.3 Å². The highest BCUT2D eigenvalue weighted by atomic mass is 35.7. The maximum Gasteiger partial charge on any atom is 0.280 e. The quantitative estimate of drug-likeness (QED) is 0.774. The average molecular weight is 351 g/mol. The summed E-state index contributed by atoms with van der Waals surface area (Å²) in [5.74, 6) is 0.112. The molecular weight excluding hydrogens is 338 g/mol. The van der Waals surface area contributed by atoms with Gasteiger partial charge in [-0.1, -0.05) is 24.6 Å². The van der Waals surface area contributed by atoms with E-state index < -0.39 is 14.9 Å². The summed E-state index contributed by atoms with van der Waals surface area (Å²) in [4.78, 5) is 4.04. The van der Waals surface area contributed by atoms with E-state index >= 15 is 0 Å². The van der Waals surface area contributed by atoms with Gasteiger partial charge in [-0.15, -0.1) is 0 Å². The lowest BCUT2D eigenvalue weighted by atomic mass is 10.2. The number of halogens is 3. The van der Waals surface area contributed by atoms with Gasteiger partial charge in [0.1, 0.15) is 11.6 Å². The standard InChI is InChI=1S/C13H13Cl2FN2O2S/c1-2-3-12-17-13(21(15,19)20)8-18(12)7-9-4-5-11(16)10(14)6-9/h4-6,8H,2-3,7H2,1H3. The van der Waals surface area contributed by atoms with E-state index in [9.17, 15) is 12.8 Å². The minimum absolute atomic E-state index is 0.0230. The summed E-state index contributed by atoms with van der Waals surface area (Å²) in [6.45, 7) is 2.30. The topological polar surface area (TPSA) is 52.0 Å². The van der Waals surface area contributed by atoms with Crippen LogP contribution in [0, 0.1) is 5.82 Å². The molecule has 0 radical (unpaired) electrons. The van der Waals surface area contributed by atoms with E-state index in [1.54, 1.807) is 10.6 Å². The molecule has 0 fully saturated rings. The molecule has 0 atom stereocenters. The number of rotatable bonds is 5. The molecule has 0 saturated carbocycles. The van der Waals surface area contributed by atoms with Gasteiger partial charge >= 0.3 is 0 Å². The van der Waals surface area contributed by atoms with Crippen LogP contribution in [0.3, 0.4) is 0 Å². The molecule has 8 heteroatoms. The molecule has 114 valence electrons. The number of aryl methyl sites for hydroxylation is 1. The van der Waals surface area contributed by atoms with E-state index in [4.69, 9.17) is 22.3 Å². The second-order valence-electron chi connectivity index (χ2n) is 4.56. The first kappa shape index (κ1) is 16.3. The predicted molar refractivity (Wildman–Crippen MR) is 79.8 cm³/mol. The summed E-state index contributed by atoms with van der Waals surface area (Å²) in [6, 6.07) is 4.36. The lowest BCUT2D eigenvalue weighted by Crippen LogP contribution is -2.04. The van der Waals surface area contributed by atoms with Crippen molar-refractivity contribution in [2.45, 2.75) is 31.3 Å². The zero-order valence-corrected chi connectivity index (χ0v) is 13.5. The molecule has 2 aromatic rings. The first-order valence-electron chi connectivity index (χ1n) is 6.26. The first-order chi connectivity index (χ1) is 9.81. The summed E-state index contributed by atoms with van der Waals surface area (Å²) in [6.07, 6.45) is 2.80. The molecule has 0 unspecified atom stereocenters. The number of hydrogen-bond acceptors (Lipinski definition) is 3. The van der Waals surface area contributed by atoms with Crippen LogP contribution in [-0.2, 0) is 22.0 Å². The number of hydrogen-bond donors (Lipinski definition) is 0. The Bertz CT molecular complexity index is 760. The van der Waals surface area contributed by atoms with E-state index in [-0.39, 0.29) is 10.0 Å². The largest absolute Gasteiger partial charge is 0.329 e. The average Bonchev–Trinajstić information content (AvgIpc) is 2.78. The van der Waals surface area contributed by atoms with Crippen LogP contribution in [0.15, 0.2) is 29.4 Å². The minimum Gasteiger partial charge on any atom is -0.329 e. The van der Waals surface area contributed by atoms with Crippen molar-refractivity contribution in [3.05, 3.63) is 46.6 Å². The molecule has 1 aromatic heterocycles. The monoisotopic (exact) mass is 350 g/mol. The lowest BCUT2D eigenvalue weighted by Gasteiger charge is -2.07. The van der Waals surface area contributed by atoms with Gasteiger partial charge in [-0.05, 0) is 24.1 Å². The van der Waals surface area contributed by atoms with Crippen molar-refractivity contribution in [3.63, 3.8) is 0 Å². The number of aromatic nitrogens is 2. The van der Waals surface area contributed by atoms with Crippen molar-refractivity contribution in [3.8, 4) is 0 Å². The van der Waals surface area contributed by atoms with Crippen LogP contribution in [-0.4, -0.2) is 18.0 Å². The molecule has 2 rings (SSSR count). The van der Waals surface area contributed by atoms with Crippen molar-refractivity contribution in [1.82, 2.24) is 9.55 Å². The van der Waals surface area contributed by atoms with Gasteiger partial charge in [-0.3, -0.25) is 0 Å². The van der Waals surface area contributed by atoms with Gasteiger partial charge < -0.3 is 4.57 Å². The van der Waals surface area contributed by atoms with Gasteiger partial charge in [0.05, 0.1) is 5.02 Å². The Morgan fingerprint density at radius 1 is 1.38 bits per heavy atom. The van der Waals surface area contributed by atoms with E-state index in [1.807, 2.05) is 6.92 Å². The summed E-state index contributed by atoms with van der Waals surface area (Å²) >= 11 is 5.74. The molecule has 0 amide bonds. The van der Waals surface area contributed by atoms with E-state index in [0.717, 1.165) is 12.0 Å². The summed E-state index contributed by atoms with van der Waals surface area (Å²) < 4.78 is 37.6. The van der Waals surface area contributed by atoms with Crippen LogP contribution < -0.4 is 0 Å². The molecule has 4 nitrogen and oxygen atoms in total. The third-order valence-corrected chi connectivity index (χ3v) is 4.36. The number of nitrogens with zero attached hydrogens (tertiary/aromatic N) is 2. The Morgan fingerprint density at radius 3 is 2.67 bits per heavy atom. The van der Waals surface area contributed by atoms with Crippen LogP contribution in [0.4, 0.5) is 4.39 Å². The first-order valence-corrected chi connectivity index (χ1v) is 8.94. The molecule has 0 spiro atoms. The number of benzene rings is 1. The van der Waals surface area contributed by atoms with Crippen molar-refractivity contribution in [1.29, 1.82) is 0 Å². The van der Waals surface area contributed by atoms with Gasteiger partial charge in [-0.25, -0.2) is 17.8 Å². The van der Waals surface area contributed by atoms with E-state index in [0.29, 0.717) is 18.8 Å². The predicted octanol–water partition coefficient (Wildman–Crippen LogP) is 3.60. The minimum atomic E-state index is -3.88. The van der Waals surface area contributed by atoms with Crippen LogP contribution in [0.2, 0.25) is 5.02 Å². The Kier molecular flexibility index (Phi) is 4.91. The SMILES string of the molecule is CCCc1nc(S(=O)(=O)Cl)cn1Cc1ccc(F)c(Cl)c1. The summed E-state index contributed by atoms with van der Waals surface area (Å²) in [5, 5.41) is -0.157. The van der Waals surface area contributed by atoms with Crippen molar-refractivity contribution in [2.24, 2.45) is 0 Å². The van der Waals surface area contributed by atoms with Gasteiger partial charge in [0, 0.05) is 29.8 Å². The maximum absolute atomic E-state index is 13.2. The van der Waals surface area contributed by atoms with Gasteiger partial charge in [-0.2, -0.15) is 0 Å². The highest BCUT2D eigenvalue weighted by molar-refractivity contribution is 8.13. The molecule has 0 N–H and O–H groups in total. The third-order valence-electron chi connectivity index (χ3n) is 2.90. The Morgan fingerprint density at radius 2 is 2.10 bits per heavy atom. The fourth-order valence-corrected chi connectivity index (χ4v) is 2.83. The van der Waals surface area contributed by atoms with Crippen LogP contribution >= 0.6 is 22.3 Å². The van der Waals surface area contributed by atoms with Crippen molar-refractivity contribution < 1.29 is 12.8 Å². The van der Waals surface area contributed by atoms with Crippen LogP contribution in [0.5, 0.6) is 0 Å². The highest BCUT2D eigenvalue weighted by Gasteiger charge is 2.17. The summed E-state index contributed by atoms with van der Waals surface area (Å²) in [5.41, 5.74) is 0.745. The molecule has 1 aromatic carbocycles. The molecule has 0 aliphatic carbocycles. The second-order valence-corrected chi connectivity index (χ2v) is 7.48. The maximum atomic E-state index is 13.2. The Labute approximate surface area is 131 Å². The smallest absolute Gasteiger partial charge is 0.280 e. The van der Waals surface area contributed by atoms with E-state index in [2.05, 4.69) is 4.98 Å². The lowest BCUT2D eigenvalue weighted by molar-refractivity contribution is 0.606. The zero-order chi connectivity index (χ0) is 15.6. The highest BCUT2D eigenvalue weighted by Crippen LogP contribution is 2.20. The number of imidazole rings is 1. The third kappa shape index (κ3) is 3.96. The van der Waals surface area contributed by atoms with Gasteiger partial charge in [0.15, 0.2) is 5.03 Å². The molecule has 0 aliphatic rings. The molecule has 21 heavy (non-hydrogen) atoms. The fraction of sp³-hybridized carbons (Fsp3) is 0.308. The van der Waals surface area contributed by atoms with Crippen molar-refractivity contribution in [2.75, 3.05) is 0 Å². The Balaban J connectivity index is 2.37. The normalized spacial score (nSPS) is 11.8. The molecule has 0 aliphatic heterocycles. The summed E-state index contributed by atoms with van der Waals surface area (Å²) in [7, 11) is 1.44. The van der Waals surface area contributed by atoms with E-state index in [1.165, 1.54) is 18.3 Å². The molecule has 0 saturated heterocycles. The van der Waals surface area contributed by atoms with Gasteiger partial charge in [0.2, 0.25) is 0 Å².